The lowest BCUT2D eigenvalue weighted by atomic mass is 9.86. The van der Waals surface area contributed by atoms with Gasteiger partial charge in [0.15, 0.2) is 0 Å². The van der Waals surface area contributed by atoms with Crippen molar-refractivity contribution in [3.05, 3.63) is 0 Å². The molecule has 1 heterocycles. The highest BCUT2D eigenvalue weighted by atomic mass is 15.1. The van der Waals surface area contributed by atoms with Gasteiger partial charge in [0.1, 0.15) is 0 Å². The molecule has 0 aliphatic carbocycles. The van der Waals surface area contributed by atoms with Crippen molar-refractivity contribution in [1.82, 2.24) is 4.90 Å². The predicted octanol–water partition coefficient (Wildman–Crippen LogP) is 3.93. The zero-order chi connectivity index (χ0) is 11.3. The monoisotopic (exact) mass is 211 g/mol. The fourth-order valence-corrected chi connectivity index (χ4v) is 2.88. The van der Waals surface area contributed by atoms with E-state index in [1.165, 1.54) is 45.2 Å². The Labute approximate surface area is 96.2 Å². The summed E-state index contributed by atoms with van der Waals surface area (Å²) in [5, 5.41) is 0. The Balaban J connectivity index is 2.19. The highest BCUT2D eigenvalue weighted by molar-refractivity contribution is 4.75. The van der Waals surface area contributed by atoms with Gasteiger partial charge in [-0.05, 0) is 58.0 Å². The van der Waals surface area contributed by atoms with Crippen molar-refractivity contribution in [2.45, 2.75) is 65.8 Å². The standard InChI is InChI=1S/C14H29N/c1-5-6-13(4)11-14-7-9-15(10-8-14)12(2)3/h12-14H,5-11H2,1-4H3. The minimum atomic E-state index is 0.749. The van der Waals surface area contributed by atoms with Crippen LogP contribution in [0.1, 0.15) is 59.8 Å². The molecule has 1 fully saturated rings. The first kappa shape index (κ1) is 13.0. The molecule has 0 amide bonds. The number of rotatable bonds is 5. The third-order valence-corrected chi connectivity index (χ3v) is 3.90. The molecule has 1 aliphatic rings. The number of piperidine rings is 1. The van der Waals surface area contributed by atoms with E-state index in [9.17, 15) is 0 Å². The maximum absolute atomic E-state index is 2.63. The average molecular weight is 211 g/mol. The molecule has 1 atom stereocenters. The lowest BCUT2D eigenvalue weighted by molar-refractivity contribution is 0.137. The van der Waals surface area contributed by atoms with Crippen molar-refractivity contribution in [1.29, 1.82) is 0 Å². The average Bonchev–Trinajstić information content (AvgIpc) is 2.18. The molecule has 0 saturated carbocycles. The Morgan fingerprint density at radius 3 is 2.20 bits per heavy atom. The van der Waals surface area contributed by atoms with E-state index in [0.29, 0.717) is 0 Å². The summed E-state index contributed by atoms with van der Waals surface area (Å²) in [4.78, 5) is 2.63. The van der Waals surface area contributed by atoms with Gasteiger partial charge in [-0.2, -0.15) is 0 Å². The second kappa shape index (κ2) is 6.52. The molecule has 1 unspecified atom stereocenters. The van der Waals surface area contributed by atoms with Crippen LogP contribution in [0.3, 0.4) is 0 Å². The number of nitrogens with zero attached hydrogens (tertiary/aromatic N) is 1. The Kier molecular flexibility index (Phi) is 5.66. The van der Waals surface area contributed by atoms with Crippen LogP contribution in [0.25, 0.3) is 0 Å². The van der Waals surface area contributed by atoms with E-state index in [0.717, 1.165) is 17.9 Å². The summed E-state index contributed by atoms with van der Waals surface area (Å²) in [5.74, 6) is 1.96. The van der Waals surface area contributed by atoms with Gasteiger partial charge in [-0.15, -0.1) is 0 Å². The van der Waals surface area contributed by atoms with E-state index >= 15 is 0 Å². The second-order valence-corrected chi connectivity index (χ2v) is 5.70. The van der Waals surface area contributed by atoms with Crippen LogP contribution in [0, 0.1) is 11.8 Å². The van der Waals surface area contributed by atoms with Crippen LogP contribution < -0.4 is 0 Å². The summed E-state index contributed by atoms with van der Waals surface area (Å²) < 4.78 is 0. The first-order valence-electron chi connectivity index (χ1n) is 6.87. The predicted molar refractivity (Wildman–Crippen MR) is 68.1 cm³/mol. The minimum Gasteiger partial charge on any atom is -0.301 e. The van der Waals surface area contributed by atoms with Crippen molar-refractivity contribution in [3.63, 3.8) is 0 Å². The molecule has 1 heteroatoms. The summed E-state index contributed by atoms with van der Waals surface area (Å²) in [5.41, 5.74) is 0. The van der Waals surface area contributed by atoms with Crippen LogP contribution in [-0.2, 0) is 0 Å². The molecule has 1 saturated heterocycles. The van der Waals surface area contributed by atoms with E-state index in [1.54, 1.807) is 0 Å². The van der Waals surface area contributed by atoms with Gasteiger partial charge in [0.25, 0.3) is 0 Å². The molecule has 0 aromatic heterocycles. The Hall–Kier alpha value is -0.0400. The zero-order valence-electron chi connectivity index (χ0n) is 11.1. The lowest BCUT2D eigenvalue weighted by Gasteiger charge is -2.35. The molecule has 1 nitrogen and oxygen atoms in total. The molecular weight excluding hydrogens is 182 g/mol. The number of hydrogen-bond donors (Lipinski definition) is 0. The highest BCUT2D eigenvalue weighted by Crippen LogP contribution is 2.26. The van der Waals surface area contributed by atoms with Gasteiger partial charge in [0.2, 0.25) is 0 Å². The number of hydrogen-bond acceptors (Lipinski definition) is 1. The second-order valence-electron chi connectivity index (χ2n) is 5.70. The summed E-state index contributed by atoms with van der Waals surface area (Å²) in [6.45, 7) is 12.0. The molecule has 0 radical (unpaired) electrons. The van der Waals surface area contributed by atoms with Crippen molar-refractivity contribution < 1.29 is 0 Å². The molecule has 0 bridgehead atoms. The summed E-state index contributed by atoms with van der Waals surface area (Å²) >= 11 is 0. The molecule has 1 aliphatic heterocycles. The molecule has 0 spiro atoms. The van der Waals surface area contributed by atoms with E-state index in [2.05, 4.69) is 32.6 Å². The van der Waals surface area contributed by atoms with Crippen LogP contribution in [-0.4, -0.2) is 24.0 Å². The third kappa shape index (κ3) is 4.55. The SMILES string of the molecule is CCCC(C)CC1CCN(C(C)C)CC1. The minimum absolute atomic E-state index is 0.749. The maximum Gasteiger partial charge on any atom is 0.00385 e. The molecule has 90 valence electrons. The Morgan fingerprint density at radius 2 is 1.73 bits per heavy atom. The smallest absolute Gasteiger partial charge is 0.00385 e. The van der Waals surface area contributed by atoms with E-state index in [-0.39, 0.29) is 0 Å². The molecule has 0 aromatic rings. The Morgan fingerprint density at radius 1 is 1.13 bits per heavy atom. The fraction of sp³-hybridized carbons (Fsp3) is 1.00. The first-order chi connectivity index (χ1) is 7.13. The number of likely N-dealkylation sites (tertiary alicyclic amines) is 1. The maximum atomic E-state index is 2.63. The van der Waals surface area contributed by atoms with Gasteiger partial charge >= 0.3 is 0 Å². The van der Waals surface area contributed by atoms with Gasteiger partial charge in [-0.1, -0.05) is 26.7 Å². The first-order valence-corrected chi connectivity index (χ1v) is 6.87. The topological polar surface area (TPSA) is 3.24 Å². The van der Waals surface area contributed by atoms with Crippen molar-refractivity contribution in [3.8, 4) is 0 Å². The fourth-order valence-electron chi connectivity index (χ4n) is 2.88. The van der Waals surface area contributed by atoms with Gasteiger partial charge in [-0.25, -0.2) is 0 Å². The zero-order valence-corrected chi connectivity index (χ0v) is 11.1. The van der Waals surface area contributed by atoms with Crippen LogP contribution in [0.5, 0.6) is 0 Å². The molecule has 0 N–H and O–H groups in total. The molecule has 0 aromatic carbocycles. The van der Waals surface area contributed by atoms with Gasteiger partial charge < -0.3 is 4.90 Å². The van der Waals surface area contributed by atoms with Gasteiger partial charge in [0, 0.05) is 6.04 Å². The quantitative estimate of drug-likeness (QED) is 0.666. The molecule has 1 rings (SSSR count). The van der Waals surface area contributed by atoms with E-state index in [1.807, 2.05) is 0 Å². The summed E-state index contributed by atoms with van der Waals surface area (Å²) in [7, 11) is 0. The van der Waals surface area contributed by atoms with Crippen LogP contribution in [0.2, 0.25) is 0 Å². The van der Waals surface area contributed by atoms with Gasteiger partial charge in [0.05, 0.1) is 0 Å². The van der Waals surface area contributed by atoms with E-state index in [4.69, 9.17) is 0 Å². The van der Waals surface area contributed by atoms with Gasteiger partial charge in [-0.3, -0.25) is 0 Å². The highest BCUT2D eigenvalue weighted by Gasteiger charge is 2.21. The third-order valence-electron chi connectivity index (χ3n) is 3.90. The van der Waals surface area contributed by atoms with Crippen molar-refractivity contribution in [2.24, 2.45) is 11.8 Å². The van der Waals surface area contributed by atoms with E-state index < -0.39 is 0 Å². The molecule has 15 heavy (non-hydrogen) atoms. The van der Waals surface area contributed by atoms with Crippen molar-refractivity contribution in [2.75, 3.05) is 13.1 Å². The Bertz CT molecular complexity index is 157. The van der Waals surface area contributed by atoms with Crippen LogP contribution >= 0.6 is 0 Å². The summed E-state index contributed by atoms with van der Waals surface area (Å²) in [6.07, 6.45) is 7.12. The lowest BCUT2D eigenvalue weighted by Crippen LogP contribution is -2.38. The summed E-state index contributed by atoms with van der Waals surface area (Å²) in [6, 6.07) is 0.749. The van der Waals surface area contributed by atoms with Crippen LogP contribution in [0.4, 0.5) is 0 Å². The largest absolute Gasteiger partial charge is 0.301 e. The van der Waals surface area contributed by atoms with Crippen molar-refractivity contribution >= 4 is 0 Å². The normalized spacial score (nSPS) is 22.2. The van der Waals surface area contributed by atoms with Crippen LogP contribution in [0.15, 0.2) is 0 Å². The molecular formula is C14H29N.